The Labute approximate surface area is 139 Å². The van der Waals surface area contributed by atoms with Gasteiger partial charge in [-0.1, -0.05) is 0 Å². The maximum absolute atomic E-state index is 13.6. The highest BCUT2D eigenvalue weighted by molar-refractivity contribution is 7.91. The fraction of sp³-hybridized carbons (Fsp3) is 0.467. The number of benzene rings is 1. The predicted molar refractivity (Wildman–Crippen MR) is 83.0 cm³/mol. The van der Waals surface area contributed by atoms with Crippen LogP contribution >= 0.6 is 0 Å². The molecule has 0 radical (unpaired) electrons. The van der Waals surface area contributed by atoms with Crippen molar-refractivity contribution in [1.29, 1.82) is 0 Å². The molecule has 9 heteroatoms. The SMILES string of the molecule is COc1ccc(C(=O)O[C@H](C)C(=O)N[C@@H]2CCS(=O)(=O)C2)cc1F. The lowest BCUT2D eigenvalue weighted by Gasteiger charge is -2.16. The first-order chi connectivity index (χ1) is 11.2. The lowest BCUT2D eigenvalue weighted by molar-refractivity contribution is -0.129. The molecule has 0 unspecified atom stereocenters. The van der Waals surface area contributed by atoms with E-state index < -0.39 is 39.7 Å². The summed E-state index contributed by atoms with van der Waals surface area (Å²) in [5, 5.41) is 2.53. The van der Waals surface area contributed by atoms with Crippen LogP contribution in [0.2, 0.25) is 0 Å². The van der Waals surface area contributed by atoms with Crippen LogP contribution in [-0.4, -0.2) is 51.1 Å². The highest BCUT2D eigenvalue weighted by atomic mass is 32.2. The first-order valence-corrected chi connectivity index (χ1v) is 9.09. The van der Waals surface area contributed by atoms with E-state index in [-0.39, 0.29) is 22.8 Å². The second-order valence-electron chi connectivity index (χ2n) is 5.51. The maximum atomic E-state index is 13.6. The van der Waals surface area contributed by atoms with E-state index in [1.165, 1.54) is 26.2 Å². The first-order valence-electron chi connectivity index (χ1n) is 7.27. The summed E-state index contributed by atoms with van der Waals surface area (Å²) in [7, 11) is -1.82. The van der Waals surface area contributed by atoms with Gasteiger partial charge in [-0.25, -0.2) is 17.6 Å². The Kier molecular flexibility index (Phi) is 5.43. The van der Waals surface area contributed by atoms with Gasteiger partial charge in [-0.3, -0.25) is 4.79 Å². The fourth-order valence-electron chi connectivity index (χ4n) is 2.30. The quantitative estimate of drug-likeness (QED) is 0.777. The zero-order valence-corrected chi connectivity index (χ0v) is 14.1. The Morgan fingerprint density at radius 2 is 2.08 bits per heavy atom. The molecule has 1 fully saturated rings. The van der Waals surface area contributed by atoms with E-state index in [2.05, 4.69) is 5.32 Å². The molecule has 132 valence electrons. The minimum absolute atomic E-state index is 0.0141. The molecule has 1 heterocycles. The van der Waals surface area contributed by atoms with Crippen molar-refractivity contribution < 1.29 is 31.9 Å². The Balaban J connectivity index is 1.93. The minimum atomic E-state index is -3.12. The average Bonchev–Trinajstić information content (AvgIpc) is 2.85. The third-order valence-corrected chi connectivity index (χ3v) is 5.39. The van der Waals surface area contributed by atoms with Gasteiger partial charge in [0.2, 0.25) is 0 Å². The van der Waals surface area contributed by atoms with Gasteiger partial charge in [0.05, 0.1) is 24.2 Å². The monoisotopic (exact) mass is 359 g/mol. The Morgan fingerprint density at radius 1 is 1.38 bits per heavy atom. The van der Waals surface area contributed by atoms with Crippen LogP contribution in [0.25, 0.3) is 0 Å². The average molecular weight is 359 g/mol. The molecule has 1 aromatic rings. The Hall–Kier alpha value is -2.16. The molecule has 2 rings (SSSR count). The molecule has 2 atom stereocenters. The van der Waals surface area contributed by atoms with E-state index in [9.17, 15) is 22.4 Å². The number of halogens is 1. The number of sulfone groups is 1. The van der Waals surface area contributed by atoms with Gasteiger partial charge < -0.3 is 14.8 Å². The third kappa shape index (κ3) is 4.44. The van der Waals surface area contributed by atoms with Crippen molar-refractivity contribution in [3.63, 3.8) is 0 Å². The smallest absolute Gasteiger partial charge is 0.339 e. The van der Waals surface area contributed by atoms with E-state index in [1.54, 1.807) is 0 Å². The Morgan fingerprint density at radius 3 is 2.62 bits per heavy atom. The molecule has 7 nitrogen and oxygen atoms in total. The summed E-state index contributed by atoms with van der Waals surface area (Å²) in [6, 6.07) is 3.07. The summed E-state index contributed by atoms with van der Waals surface area (Å²) in [5.41, 5.74) is -0.0589. The summed E-state index contributed by atoms with van der Waals surface area (Å²) in [4.78, 5) is 23.9. The van der Waals surface area contributed by atoms with Gasteiger partial charge in [-0.2, -0.15) is 0 Å². The summed E-state index contributed by atoms with van der Waals surface area (Å²) in [6.45, 7) is 1.36. The summed E-state index contributed by atoms with van der Waals surface area (Å²) in [5.74, 6) is -2.29. The van der Waals surface area contributed by atoms with Crippen molar-refractivity contribution >= 4 is 21.7 Å². The molecule has 0 aliphatic carbocycles. The highest BCUT2D eigenvalue weighted by Crippen LogP contribution is 2.18. The number of amides is 1. The largest absolute Gasteiger partial charge is 0.494 e. The number of nitrogens with one attached hydrogen (secondary N) is 1. The molecule has 24 heavy (non-hydrogen) atoms. The van der Waals surface area contributed by atoms with Gasteiger partial charge in [0.15, 0.2) is 27.5 Å². The van der Waals surface area contributed by atoms with E-state index in [4.69, 9.17) is 9.47 Å². The van der Waals surface area contributed by atoms with Crippen LogP contribution in [0.1, 0.15) is 23.7 Å². The number of esters is 1. The van der Waals surface area contributed by atoms with Crippen LogP contribution in [0.3, 0.4) is 0 Å². The van der Waals surface area contributed by atoms with Crippen LogP contribution in [0.4, 0.5) is 4.39 Å². The number of rotatable bonds is 5. The lowest BCUT2D eigenvalue weighted by atomic mass is 10.2. The van der Waals surface area contributed by atoms with Crippen molar-refractivity contribution in [3.05, 3.63) is 29.6 Å². The molecule has 1 aromatic carbocycles. The number of carbonyl (C=O) groups excluding carboxylic acids is 2. The minimum Gasteiger partial charge on any atom is -0.494 e. The zero-order chi connectivity index (χ0) is 17.9. The van der Waals surface area contributed by atoms with Gasteiger partial charge in [-0.15, -0.1) is 0 Å². The summed E-state index contributed by atoms with van der Waals surface area (Å²) < 4.78 is 46.0. The van der Waals surface area contributed by atoms with E-state index in [1.807, 2.05) is 0 Å². The summed E-state index contributed by atoms with van der Waals surface area (Å²) in [6.07, 6.45) is -0.802. The molecular weight excluding hydrogens is 341 g/mol. The first kappa shape index (κ1) is 18.2. The van der Waals surface area contributed by atoms with Crippen LogP contribution in [0, 0.1) is 5.82 Å². The van der Waals surface area contributed by atoms with Crippen LogP contribution < -0.4 is 10.1 Å². The normalized spacial score (nSPS) is 20.2. The molecule has 1 aliphatic heterocycles. The topological polar surface area (TPSA) is 98.8 Å². The van der Waals surface area contributed by atoms with Crippen molar-refractivity contribution in [2.24, 2.45) is 0 Å². The van der Waals surface area contributed by atoms with E-state index in [0.29, 0.717) is 6.42 Å². The van der Waals surface area contributed by atoms with E-state index in [0.717, 1.165) is 6.07 Å². The number of hydrogen-bond donors (Lipinski definition) is 1. The Bertz CT molecular complexity index is 748. The third-order valence-electron chi connectivity index (χ3n) is 3.62. The molecular formula is C15H18FNO6S. The molecule has 0 bridgehead atoms. The van der Waals surface area contributed by atoms with Crippen LogP contribution in [0.5, 0.6) is 5.75 Å². The lowest BCUT2D eigenvalue weighted by Crippen LogP contribution is -2.42. The van der Waals surface area contributed by atoms with Crippen LogP contribution in [0.15, 0.2) is 18.2 Å². The van der Waals surface area contributed by atoms with E-state index >= 15 is 0 Å². The summed E-state index contributed by atoms with van der Waals surface area (Å²) >= 11 is 0. The molecule has 1 saturated heterocycles. The van der Waals surface area contributed by atoms with Gasteiger partial charge >= 0.3 is 5.97 Å². The predicted octanol–water partition coefficient (Wildman–Crippen LogP) is 0.683. The number of hydrogen-bond acceptors (Lipinski definition) is 6. The highest BCUT2D eigenvalue weighted by Gasteiger charge is 2.30. The zero-order valence-electron chi connectivity index (χ0n) is 13.2. The van der Waals surface area contributed by atoms with Gasteiger partial charge in [0.25, 0.3) is 5.91 Å². The van der Waals surface area contributed by atoms with Gasteiger partial charge in [0, 0.05) is 6.04 Å². The molecule has 1 N–H and O–H groups in total. The number of methoxy groups -OCH3 is 1. The molecule has 1 aliphatic rings. The maximum Gasteiger partial charge on any atom is 0.339 e. The number of ether oxygens (including phenoxy) is 2. The van der Waals surface area contributed by atoms with Crippen molar-refractivity contribution in [3.8, 4) is 5.75 Å². The fourth-order valence-corrected chi connectivity index (χ4v) is 3.98. The molecule has 0 aromatic heterocycles. The molecule has 1 amide bonds. The molecule has 0 spiro atoms. The number of carbonyl (C=O) groups is 2. The van der Waals surface area contributed by atoms with Gasteiger partial charge in [-0.05, 0) is 31.5 Å². The van der Waals surface area contributed by atoms with Crippen molar-refractivity contribution in [2.45, 2.75) is 25.5 Å². The standard InChI is InChI=1S/C15H18FNO6S/c1-9(14(18)17-11-5-6-24(20,21)8-11)23-15(19)10-3-4-13(22-2)12(16)7-10/h3-4,7,9,11H,5-6,8H2,1-2H3,(H,17,18)/t9-,11-/m1/s1. The van der Waals surface area contributed by atoms with Gasteiger partial charge in [0.1, 0.15) is 0 Å². The second-order valence-corrected chi connectivity index (χ2v) is 7.73. The van der Waals surface area contributed by atoms with Crippen LogP contribution in [-0.2, 0) is 19.4 Å². The molecule has 0 saturated carbocycles. The van der Waals surface area contributed by atoms with Crippen molar-refractivity contribution in [1.82, 2.24) is 5.32 Å². The second kappa shape index (κ2) is 7.16. The van der Waals surface area contributed by atoms with Crippen molar-refractivity contribution in [2.75, 3.05) is 18.6 Å².